The Morgan fingerprint density at radius 3 is 2.76 bits per heavy atom. The van der Waals surface area contributed by atoms with Crippen molar-refractivity contribution in [1.29, 1.82) is 0 Å². The molecular formula is C25H29ClN4O3. The van der Waals surface area contributed by atoms with Gasteiger partial charge < -0.3 is 20.3 Å². The van der Waals surface area contributed by atoms with E-state index < -0.39 is 5.41 Å². The van der Waals surface area contributed by atoms with Crippen molar-refractivity contribution in [2.24, 2.45) is 0 Å². The first-order chi connectivity index (χ1) is 16.0. The maximum atomic E-state index is 12.8. The molecule has 0 radical (unpaired) electrons. The third-order valence-corrected chi connectivity index (χ3v) is 7.49. The van der Waals surface area contributed by atoms with Crippen molar-refractivity contribution >= 4 is 29.2 Å². The fourth-order valence-corrected chi connectivity index (χ4v) is 5.46. The SMILES string of the molecule is CNC(=O)N1CCc2cc(OCCN3CCC4(CC3)C(=O)Nc3ccc(Cl)cc34)ccc2C1. The predicted octanol–water partition coefficient (Wildman–Crippen LogP) is 3.40. The lowest BCUT2D eigenvalue weighted by Gasteiger charge is -2.38. The van der Waals surface area contributed by atoms with Crippen molar-refractivity contribution in [3.05, 3.63) is 58.1 Å². The Hall–Kier alpha value is -2.77. The van der Waals surface area contributed by atoms with Gasteiger partial charge in [0.2, 0.25) is 5.91 Å². The molecule has 3 aliphatic heterocycles. The third-order valence-electron chi connectivity index (χ3n) is 7.26. The van der Waals surface area contributed by atoms with Crippen LogP contribution in [0.2, 0.25) is 5.02 Å². The van der Waals surface area contributed by atoms with Gasteiger partial charge in [-0.15, -0.1) is 0 Å². The van der Waals surface area contributed by atoms with Gasteiger partial charge in [0.1, 0.15) is 12.4 Å². The van der Waals surface area contributed by atoms with Crippen molar-refractivity contribution in [1.82, 2.24) is 15.1 Å². The monoisotopic (exact) mass is 468 g/mol. The zero-order chi connectivity index (χ0) is 23.0. The summed E-state index contributed by atoms with van der Waals surface area (Å²) in [4.78, 5) is 28.8. The summed E-state index contributed by atoms with van der Waals surface area (Å²) in [5.41, 5.74) is 3.90. The largest absolute Gasteiger partial charge is 0.492 e. The highest BCUT2D eigenvalue weighted by atomic mass is 35.5. The summed E-state index contributed by atoms with van der Waals surface area (Å²) in [5.74, 6) is 0.967. The maximum Gasteiger partial charge on any atom is 0.317 e. The topological polar surface area (TPSA) is 73.9 Å². The maximum absolute atomic E-state index is 12.8. The molecule has 0 bridgehead atoms. The van der Waals surface area contributed by atoms with E-state index in [9.17, 15) is 9.59 Å². The molecule has 2 N–H and O–H groups in total. The van der Waals surface area contributed by atoms with Crippen LogP contribution in [0, 0.1) is 0 Å². The van der Waals surface area contributed by atoms with E-state index in [1.165, 1.54) is 11.1 Å². The number of fused-ring (bicyclic) bond motifs is 3. The molecule has 1 fully saturated rings. The first-order valence-corrected chi connectivity index (χ1v) is 11.9. The summed E-state index contributed by atoms with van der Waals surface area (Å²) < 4.78 is 6.05. The Bertz CT molecular complexity index is 1080. The van der Waals surface area contributed by atoms with Crippen LogP contribution in [0.1, 0.15) is 29.5 Å². The number of urea groups is 1. The number of rotatable bonds is 4. The minimum Gasteiger partial charge on any atom is -0.492 e. The molecule has 0 unspecified atom stereocenters. The van der Waals surface area contributed by atoms with E-state index in [0.29, 0.717) is 24.7 Å². The lowest BCUT2D eigenvalue weighted by molar-refractivity contribution is -0.122. The molecular weight excluding hydrogens is 440 g/mol. The lowest BCUT2D eigenvalue weighted by atomic mass is 9.73. The second-order valence-corrected chi connectivity index (χ2v) is 9.51. The second-order valence-electron chi connectivity index (χ2n) is 9.07. The van der Waals surface area contributed by atoms with Gasteiger partial charge >= 0.3 is 6.03 Å². The van der Waals surface area contributed by atoms with E-state index in [1.807, 2.05) is 29.2 Å². The standard InChI is InChI=1S/C25H29ClN4O3/c1-27-24(32)30-9-6-17-14-20(4-2-18(17)16-30)33-13-12-29-10-7-25(8-11-29)21-15-19(26)3-5-22(21)28-23(25)31/h2-5,14-15H,6-13,16H2,1H3,(H,27,32)(H,28,31). The van der Waals surface area contributed by atoms with E-state index in [2.05, 4.69) is 27.7 Å². The first kappa shape index (κ1) is 22.0. The number of hydrogen-bond donors (Lipinski definition) is 2. The predicted molar refractivity (Wildman–Crippen MR) is 128 cm³/mol. The number of halogens is 1. The van der Waals surface area contributed by atoms with Crippen LogP contribution in [-0.2, 0) is 23.2 Å². The Morgan fingerprint density at radius 1 is 1.15 bits per heavy atom. The average molecular weight is 469 g/mol. The van der Waals surface area contributed by atoms with Crippen LogP contribution >= 0.6 is 11.6 Å². The quantitative estimate of drug-likeness (QED) is 0.721. The van der Waals surface area contributed by atoms with Crippen LogP contribution in [0.4, 0.5) is 10.5 Å². The number of carbonyl (C=O) groups is 2. The van der Waals surface area contributed by atoms with Gasteiger partial charge in [-0.05, 0) is 79.4 Å². The van der Waals surface area contributed by atoms with E-state index in [-0.39, 0.29) is 11.9 Å². The molecule has 33 heavy (non-hydrogen) atoms. The number of nitrogens with one attached hydrogen (secondary N) is 2. The van der Waals surface area contributed by atoms with Crippen LogP contribution in [0.3, 0.4) is 0 Å². The molecule has 0 aromatic heterocycles. The van der Waals surface area contributed by atoms with Gasteiger partial charge in [0, 0.05) is 37.4 Å². The highest BCUT2D eigenvalue weighted by Crippen LogP contribution is 2.45. The Morgan fingerprint density at radius 2 is 1.97 bits per heavy atom. The Balaban J connectivity index is 1.14. The molecule has 0 saturated carbocycles. The number of amides is 3. The molecule has 3 heterocycles. The highest BCUT2D eigenvalue weighted by molar-refractivity contribution is 6.31. The van der Waals surface area contributed by atoms with E-state index >= 15 is 0 Å². The summed E-state index contributed by atoms with van der Waals surface area (Å²) in [6, 6.07) is 11.8. The van der Waals surface area contributed by atoms with Crippen molar-refractivity contribution in [3.8, 4) is 5.75 Å². The molecule has 0 aliphatic carbocycles. The van der Waals surface area contributed by atoms with Crippen molar-refractivity contribution in [3.63, 3.8) is 0 Å². The first-order valence-electron chi connectivity index (χ1n) is 11.5. The minimum absolute atomic E-state index is 0.0361. The van der Waals surface area contributed by atoms with Gasteiger partial charge in [-0.25, -0.2) is 4.79 Å². The van der Waals surface area contributed by atoms with Gasteiger partial charge in [-0.1, -0.05) is 17.7 Å². The number of carbonyl (C=O) groups excluding carboxylic acids is 2. The van der Waals surface area contributed by atoms with Gasteiger partial charge in [0.25, 0.3) is 0 Å². The number of likely N-dealkylation sites (tertiary alicyclic amines) is 1. The number of anilines is 1. The molecule has 8 heteroatoms. The minimum atomic E-state index is -0.460. The van der Waals surface area contributed by atoms with Crippen LogP contribution in [0.5, 0.6) is 5.75 Å². The van der Waals surface area contributed by atoms with Crippen molar-refractivity contribution < 1.29 is 14.3 Å². The fourth-order valence-electron chi connectivity index (χ4n) is 5.28. The van der Waals surface area contributed by atoms with Crippen LogP contribution in [0.25, 0.3) is 0 Å². The molecule has 5 rings (SSSR count). The second kappa shape index (κ2) is 8.88. The van der Waals surface area contributed by atoms with Gasteiger partial charge in [-0.2, -0.15) is 0 Å². The van der Waals surface area contributed by atoms with Crippen molar-refractivity contribution in [2.45, 2.75) is 31.2 Å². The molecule has 174 valence electrons. The average Bonchev–Trinajstić information content (AvgIpc) is 3.10. The van der Waals surface area contributed by atoms with Gasteiger partial charge in [0.15, 0.2) is 0 Å². The van der Waals surface area contributed by atoms with E-state index in [0.717, 1.165) is 55.9 Å². The summed E-state index contributed by atoms with van der Waals surface area (Å²) in [7, 11) is 1.66. The summed E-state index contributed by atoms with van der Waals surface area (Å²) in [6.07, 6.45) is 2.40. The highest BCUT2D eigenvalue weighted by Gasteiger charge is 2.48. The number of hydrogen-bond acceptors (Lipinski definition) is 4. The van der Waals surface area contributed by atoms with Crippen molar-refractivity contribution in [2.75, 3.05) is 45.2 Å². The zero-order valence-electron chi connectivity index (χ0n) is 18.8. The van der Waals surface area contributed by atoms with Crippen LogP contribution in [0.15, 0.2) is 36.4 Å². The van der Waals surface area contributed by atoms with E-state index in [4.69, 9.17) is 16.3 Å². The molecule has 3 aliphatic rings. The molecule has 1 spiro atoms. The molecule has 0 atom stereocenters. The summed E-state index contributed by atoms with van der Waals surface area (Å²) >= 11 is 6.21. The van der Waals surface area contributed by atoms with Crippen LogP contribution in [-0.4, -0.2) is 61.6 Å². The van der Waals surface area contributed by atoms with Gasteiger partial charge in [0.05, 0.1) is 5.41 Å². The van der Waals surface area contributed by atoms with Crippen LogP contribution < -0.4 is 15.4 Å². The van der Waals surface area contributed by atoms with Gasteiger partial charge in [-0.3, -0.25) is 9.69 Å². The Labute approximate surface area is 199 Å². The smallest absolute Gasteiger partial charge is 0.317 e. The fraction of sp³-hybridized carbons (Fsp3) is 0.440. The number of nitrogens with zero attached hydrogens (tertiary/aromatic N) is 2. The molecule has 7 nitrogen and oxygen atoms in total. The number of piperidine rings is 1. The van der Waals surface area contributed by atoms with E-state index in [1.54, 1.807) is 7.05 Å². The summed E-state index contributed by atoms with van der Waals surface area (Å²) in [6.45, 7) is 4.47. The molecule has 1 saturated heterocycles. The number of benzene rings is 2. The molecule has 2 aromatic carbocycles. The molecule has 3 amide bonds. The zero-order valence-corrected chi connectivity index (χ0v) is 19.6. The molecule has 2 aromatic rings. The third kappa shape index (κ3) is 4.15. The Kier molecular flexibility index (Phi) is 5.93. The number of ether oxygens (including phenoxy) is 1. The summed E-state index contributed by atoms with van der Waals surface area (Å²) in [5, 5.41) is 6.40. The lowest BCUT2D eigenvalue weighted by Crippen LogP contribution is -2.47. The normalized spacial score (nSPS) is 19.1.